The number of anilines is 2. The molecule has 0 bridgehead atoms. The van der Waals surface area contributed by atoms with Crippen LogP contribution in [0, 0.1) is 23.5 Å². The maximum absolute atomic E-state index is 13.4. The lowest BCUT2D eigenvalue weighted by molar-refractivity contribution is 0.438. The second-order valence-corrected chi connectivity index (χ2v) is 4.40. The van der Waals surface area contributed by atoms with E-state index in [-0.39, 0.29) is 11.6 Å². The van der Waals surface area contributed by atoms with Gasteiger partial charge in [0.25, 0.3) is 0 Å². The van der Waals surface area contributed by atoms with Crippen molar-refractivity contribution in [1.82, 2.24) is 4.98 Å². The molecule has 17 heavy (non-hydrogen) atoms. The molecule has 4 nitrogen and oxygen atoms in total. The van der Waals surface area contributed by atoms with Crippen molar-refractivity contribution in [1.29, 1.82) is 0 Å². The topological polar surface area (TPSA) is 63.0 Å². The molecule has 0 fully saturated rings. The summed E-state index contributed by atoms with van der Waals surface area (Å²) in [6.45, 7) is 6.76. The monoisotopic (exact) mass is 244 g/mol. The Balaban J connectivity index is 2.77. The van der Waals surface area contributed by atoms with Crippen molar-refractivity contribution in [2.75, 3.05) is 17.3 Å². The highest BCUT2D eigenvalue weighted by Gasteiger charge is 2.13. The molecule has 0 spiro atoms. The Labute approximate surface area is 99.6 Å². The van der Waals surface area contributed by atoms with Crippen LogP contribution in [0.1, 0.15) is 20.8 Å². The van der Waals surface area contributed by atoms with Gasteiger partial charge in [-0.3, -0.25) is 0 Å². The highest BCUT2D eigenvalue weighted by Crippen LogP contribution is 2.19. The molecule has 0 amide bonds. The van der Waals surface area contributed by atoms with Crippen LogP contribution in [-0.2, 0) is 0 Å². The molecule has 0 aliphatic carbocycles. The van der Waals surface area contributed by atoms with E-state index >= 15 is 0 Å². The Hall–Kier alpha value is -1.43. The van der Waals surface area contributed by atoms with E-state index in [1.54, 1.807) is 0 Å². The standard InChI is InChI=1S/C11H18F2N4/c1-6(2)7(3)5-15-10-8(12)4-9(13)11(16-10)17-14/h4,6-7H,5,14H2,1-3H3,(H2,15,16,17). The Kier molecular flexibility index (Phi) is 4.62. The van der Waals surface area contributed by atoms with Crippen LogP contribution in [0.4, 0.5) is 20.4 Å². The molecule has 0 saturated heterocycles. The van der Waals surface area contributed by atoms with Crippen LogP contribution in [0.3, 0.4) is 0 Å². The van der Waals surface area contributed by atoms with Gasteiger partial charge in [-0.25, -0.2) is 19.6 Å². The minimum absolute atomic E-state index is 0.00634. The quantitative estimate of drug-likeness (QED) is 0.549. The maximum Gasteiger partial charge on any atom is 0.178 e. The number of rotatable bonds is 5. The average Bonchev–Trinajstić information content (AvgIpc) is 2.27. The van der Waals surface area contributed by atoms with E-state index in [9.17, 15) is 8.78 Å². The van der Waals surface area contributed by atoms with Crippen molar-refractivity contribution in [3.63, 3.8) is 0 Å². The minimum Gasteiger partial charge on any atom is -0.367 e. The average molecular weight is 244 g/mol. The zero-order valence-electron chi connectivity index (χ0n) is 10.2. The minimum atomic E-state index is -0.813. The van der Waals surface area contributed by atoms with E-state index in [1.165, 1.54) is 0 Å². The van der Waals surface area contributed by atoms with Gasteiger partial charge in [0, 0.05) is 12.6 Å². The molecule has 0 aliphatic rings. The first kappa shape index (κ1) is 13.6. The van der Waals surface area contributed by atoms with E-state index in [0.29, 0.717) is 18.4 Å². The molecule has 4 N–H and O–H groups in total. The van der Waals surface area contributed by atoms with Crippen LogP contribution >= 0.6 is 0 Å². The number of hydrogen-bond acceptors (Lipinski definition) is 4. The summed E-state index contributed by atoms with van der Waals surface area (Å²) in [5, 5.41) is 2.85. The van der Waals surface area contributed by atoms with Crippen molar-refractivity contribution >= 4 is 11.6 Å². The van der Waals surface area contributed by atoms with E-state index in [0.717, 1.165) is 6.07 Å². The molecule has 1 heterocycles. The summed E-state index contributed by atoms with van der Waals surface area (Å²) in [5.41, 5.74) is 2.08. The number of hydrogen-bond donors (Lipinski definition) is 3. The van der Waals surface area contributed by atoms with Gasteiger partial charge in [-0.2, -0.15) is 0 Å². The first-order chi connectivity index (χ1) is 7.95. The second kappa shape index (κ2) is 5.77. The zero-order valence-corrected chi connectivity index (χ0v) is 10.2. The Bertz CT molecular complexity index is 382. The molecule has 0 aromatic carbocycles. The predicted molar refractivity (Wildman–Crippen MR) is 64.5 cm³/mol. The van der Waals surface area contributed by atoms with Gasteiger partial charge in [-0.15, -0.1) is 0 Å². The third kappa shape index (κ3) is 3.52. The number of nitrogen functional groups attached to an aromatic ring is 1. The van der Waals surface area contributed by atoms with Crippen LogP contribution in [0.5, 0.6) is 0 Å². The molecule has 1 unspecified atom stereocenters. The third-order valence-corrected chi connectivity index (χ3v) is 2.80. The Morgan fingerprint density at radius 1 is 1.24 bits per heavy atom. The summed E-state index contributed by atoms with van der Waals surface area (Å²) in [4.78, 5) is 3.72. The molecule has 1 atom stereocenters. The number of aromatic nitrogens is 1. The lowest BCUT2D eigenvalue weighted by Crippen LogP contribution is -2.19. The number of nitrogens with one attached hydrogen (secondary N) is 2. The Morgan fingerprint density at radius 2 is 1.82 bits per heavy atom. The van der Waals surface area contributed by atoms with Crippen LogP contribution in [-0.4, -0.2) is 11.5 Å². The number of halogens is 2. The zero-order chi connectivity index (χ0) is 13.0. The largest absolute Gasteiger partial charge is 0.367 e. The predicted octanol–water partition coefficient (Wildman–Crippen LogP) is 2.35. The fraction of sp³-hybridized carbons (Fsp3) is 0.545. The van der Waals surface area contributed by atoms with E-state index in [2.05, 4.69) is 29.6 Å². The highest BCUT2D eigenvalue weighted by atomic mass is 19.1. The van der Waals surface area contributed by atoms with Crippen molar-refractivity contribution in [2.45, 2.75) is 20.8 Å². The molecule has 1 aromatic rings. The summed E-state index contributed by atoms with van der Waals surface area (Å²) < 4.78 is 26.5. The number of nitrogens with zero attached hydrogens (tertiary/aromatic N) is 1. The fourth-order valence-electron chi connectivity index (χ4n) is 1.19. The molecule has 0 radical (unpaired) electrons. The fourth-order valence-corrected chi connectivity index (χ4v) is 1.19. The summed E-state index contributed by atoms with van der Waals surface area (Å²) >= 11 is 0. The SMILES string of the molecule is CC(C)C(C)CNc1nc(NN)c(F)cc1F. The lowest BCUT2D eigenvalue weighted by Gasteiger charge is -2.17. The van der Waals surface area contributed by atoms with Crippen molar-refractivity contribution in [3.8, 4) is 0 Å². The Morgan fingerprint density at radius 3 is 2.35 bits per heavy atom. The number of pyridine rings is 1. The van der Waals surface area contributed by atoms with Crippen LogP contribution < -0.4 is 16.6 Å². The van der Waals surface area contributed by atoms with Crippen molar-refractivity contribution in [2.24, 2.45) is 17.7 Å². The van der Waals surface area contributed by atoms with E-state index in [4.69, 9.17) is 5.84 Å². The van der Waals surface area contributed by atoms with Gasteiger partial charge in [0.1, 0.15) is 0 Å². The van der Waals surface area contributed by atoms with Gasteiger partial charge >= 0.3 is 0 Å². The summed E-state index contributed by atoms with van der Waals surface area (Å²) in [6.07, 6.45) is 0. The second-order valence-electron chi connectivity index (χ2n) is 4.40. The van der Waals surface area contributed by atoms with Gasteiger partial charge in [-0.1, -0.05) is 20.8 Å². The van der Waals surface area contributed by atoms with Crippen LogP contribution in [0.15, 0.2) is 6.07 Å². The van der Waals surface area contributed by atoms with E-state index in [1.807, 2.05) is 6.92 Å². The lowest BCUT2D eigenvalue weighted by atomic mass is 9.98. The smallest absolute Gasteiger partial charge is 0.178 e. The summed E-state index contributed by atoms with van der Waals surface area (Å²) in [7, 11) is 0. The first-order valence-electron chi connectivity index (χ1n) is 5.52. The van der Waals surface area contributed by atoms with Gasteiger partial charge in [-0.05, 0) is 11.8 Å². The first-order valence-corrected chi connectivity index (χ1v) is 5.52. The van der Waals surface area contributed by atoms with Crippen molar-refractivity contribution < 1.29 is 8.78 Å². The molecular weight excluding hydrogens is 226 g/mol. The highest BCUT2D eigenvalue weighted by molar-refractivity contribution is 5.46. The number of nitrogens with two attached hydrogens (primary N) is 1. The van der Waals surface area contributed by atoms with Gasteiger partial charge in [0.15, 0.2) is 23.3 Å². The molecule has 6 heteroatoms. The third-order valence-electron chi connectivity index (χ3n) is 2.80. The molecule has 1 rings (SSSR count). The van der Waals surface area contributed by atoms with Crippen LogP contribution in [0.2, 0.25) is 0 Å². The van der Waals surface area contributed by atoms with Crippen molar-refractivity contribution in [3.05, 3.63) is 17.7 Å². The molecular formula is C11H18F2N4. The summed E-state index contributed by atoms with van der Waals surface area (Å²) in [5.74, 6) is 4.19. The normalized spacial score (nSPS) is 12.6. The van der Waals surface area contributed by atoms with Crippen LogP contribution in [0.25, 0.3) is 0 Å². The molecule has 0 aliphatic heterocycles. The molecule has 1 aromatic heterocycles. The summed E-state index contributed by atoms with van der Waals surface area (Å²) in [6, 6.07) is 0.755. The maximum atomic E-state index is 13.4. The molecule has 0 saturated carbocycles. The number of hydrazine groups is 1. The van der Waals surface area contributed by atoms with Gasteiger partial charge < -0.3 is 10.7 Å². The van der Waals surface area contributed by atoms with Gasteiger partial charge in [0.05, 0.1) is 0 Å². The molecule has 96 valence electrons. The van der Waals surface area contributed by atoms with E-state index < -0.39 is 11.6 Å². The van der Waals surface area contributed by atoms with Gasteiger partial charge in [0.2, 0.25) is 0 Å².